The molecule has 1 N–H and O–H groups in total. The average molecular weight is 203 g/mol. The van der Waals surface area contributed by atoms with E-state index in [4.69, 9.17) is 5.26 Å². The van der Waals surface area contributed by atoms with Gasteiger partial charge in [0.25, 0.3) is 11.8 Å². The van der Waals surface area contributed by atoms with Crippen molar-refractivity contribution in [2.75, 3.05) is 6.61 Å². The van der Waals surface area contributed by atoms with Crippen LogP contribution in [-0.2, 0) is 24.1 Å². The normalized spacial score (nSPS) is 16.2. The minimum atomic E-state index is -0.803. The Kier molecular flexibility index (Phi) is 3.55. The van der Waals surface area contributed by atoms with Crippen LogP contribution < -0.4 is 0 Å². The number of amides is 2. The Balaban J connectivity index is 2.39. The molecule has 7 nitrogen and oxygen atoms in total. The van der Waals surface area contributed by atoms with Crippen molar-refractivity contribution in [3.63, 3.8) is 0 Å². The number of rotatable bonds is 4. The van der Waals surface area contributed by atoms with Crippen LogP contribution in [0.15, 0.2) is 0 Å². The van der Waals surface area contributed by atoms with Gasteiger partial charge in [-0.15, -0.1) is 5.06 Å². The van der Waals surface area contributed by atoms with Gasteiger partial charge in [-0.05, 0) is 0 Å². The Hall–Kier alpha value is -1.47. The summed E-state index contributed by atoms with van der Waals surface area (Å²) in [7, 11) is 0. The Morgan fingerprint density at radius 1 is 1.36 bits per heavy atom. The summed E-state index contributed by atoms with van der Waals surface area (Å²) in [5, 5.41) is 8.37. The van der Waals surface area contributed by atoms with E-state index in [1.807, 2.05) is 0 Å². The van der Waals surface area contributed by atoms with Gasteiger partial charge in [-0.3, -0.25) is 14.8 Å². The van der Waals surface area contributed by atoms with Crippen LogP contribution in [0.5, 0.6) is 0 Å². The van der Waals surface area contributed by atoms with Crippen molar-refractivity contribution in [2.45, 2.75) is 19.3 Å². The summed E-state index contributed by atoms with van der Waals surface area (Å²) in [5.41, 5.74) is 0. The van der Waals surface area contributed by atoms with E-state index in [1.165, 1.54) is 0 Å². The topological polar surface area (TPSA) is 93.1 Å². The molecule has 0 spiro atoms. The van der Waals surface area contributed by atoms with E-state index in [1.54, 1.807) is 0 Å². The molecule has 0 aromatic rings. The summed E-state index contributed by atoms with van der Waals surface area (Å²) >= 11 is 0. The summed E-state index contributed by atoms with van der Waals surface area (Å²) in [6.45, 7) is -0.241. The van der Waals surface area contributed by atoms with Crippen LogP contribution in [0.2, 0.25) is 0 Å². The highest BCUT2D eigenvalue weighted by atomic mass is 17.1. The number of carbonyl (C=O) groups excluding carboxylic acids is 3. The minimum absolute atomic E-state index is 0.0581. The summed E-state index contributed by atoms with van der Waals surface area (Å²) in [6, 6.07) is 0. The molecule has 0 radical (unpaired) electrons. The number of imide groups is 1. The van der Waals surface area contributed by atoms with Crippen LogP contribution >= 0.6 is 0 Å². The molecule has 2 amide bonds. The van der Waals surface area contributed by atoms with Gasteiger partial charge in [0, 0.05) is 12.8 Å². The fourth-order valence-corrected chi connectivity index (χ4v) is 0.934. The van der Waals surface area contributed by atoms with Gasteiger partial charge in [-0.25, -0.2) is 9.68 Å². The molecule has 1 fully saturated rings. The zero-order chi connectivity index (χ0) is 10.6. The van der Waals surface area contributed by atoms with Crippen molar-refractivity contribution in [2.24, 2.45) is 0 Å². The van der Waals surface area contributed by atoms with Gasteiger partial charge < -0.3 is 4.84 Å². The van der Waals surface area contributed by atoms with Gasteiger partial charge in [0.05, 0.1) is 13.0 Å². The van der Waals surface area contributed by atoms with Crippen molar-refractivity contribution in [3.05, 3.63) is 0 Å². The molecule has 78 valence electrons. The van der Waals surface area contributed by atoms with E-state index in [0.717, 1.165) is 0 Å². The van der Waals surface area contributed by atoms with Crippen molar-refractivity contribution in [1.82, 2.24) is 5.06 Å². The van der Waals surface area contributed by atoms with Crippen molar-refractivity contribution >= 4 is 17.8 Å². The molecule has 1 heterocycles. The fourth-order valence-electron chi connectivity index (χ4n) is 0.934. The highest BCUT2D eigenvalue weighted by Crippen LogP contribution is 2.12. The van der Waals surface area contributed by atoms with E-state index in [2.05, 4.69) is 9.73 Å². The molecule has 14 heavy (non-hydrogen) atoms. The molecule has 0 aliphatic carbocycles. The number of hydrogen-bond donors (Lipinski definition) is 1. The first-order valence-corrected chi connectivity index (χ1v) is 3.98. The molecular weight excluding hydrogens is 194 g/mol. The molecule has 0 bridgehead atoms. The molecule has 1 aliphatic rings. The Morgan fingerprint density at radius 2 is 1.93 bits per heavy atom. The standard InChI is InChI=1S/C7H9NO6/c9-5-1-2-6(10)8(5)14-7(11)3-4-13-12/h12H,1-4H2. The van der Waals surface area contributed by atoms with E-state index >= 15 is 0 Å². The predicted octanol–water partition coefficient (Wildman–Crippen LogP) is -0.527. The highest BCUT2D eigenvalue weighted by Gasteiger charge is 2.32. The maximum absolute atomic E-state index is 10.9. The zero-order valence-electron chi connectivity index (χ0n) is 7.26. The van der Waals surface area contributed by atoms with Crippen LogP contribution in [0.3, 0.4) is 0 Å². The molecule has 1 saturated heterocycles. The molecule has 0 saturated carbocycles. The van der Waals surface area contributed by atoms with Crippen LogP contribution in [0, 0.1) is 0 Å². The molecule has 1 aliphatic heterocycles. The van der Waals surface area contributed by atoms with Crippen molar-refractivity contribution in [1.29, 1.82) is 0 Å². The maximum atomic E-state index is 10.9. The van der Waals surface area contributed by atoms with Crippen molar-refractivity contribution < 1.29 is 29.4 Å². The first-order valence-electron chi connectivity index (χ1n) is 3.98. The third-order valence-electron chi connectivity index (χ3n) is 1.60. The van der Waals surface area contributed by atoms with E-state index < -0.39 is 17.8 Å². The molecule has 0 unspecified atom stereocenters. The lowest BCUT2D eigenvalue weighted by Crippen LogP contribution is -2.32. The lowest BCUT2D eigenvalue weighted by Gasteiger charge is -2.11. The van der Waals surface area contributed by atoms with Gasteiger partial charge in [-0.2, -0.15) is 0 Å². The average Bonchev–Trinajstić information content (AvgIpc) is 2.46. The number of nitrogens with zero attached hydrogens (tertiary/aromatic N) is 1. The molecule has 7 heteroatoms. The molecular formula is C7H9NO6. The first kappa shape index (κ1) is 10.6. The highest BCUT2D eigenvalue weighted by molar-refractivity contribution is 6.01. The third-order valence-corrected chi connectivity index (χ3v) is 1.60. The SMILES string of the molecule is O=C(CCOO)ON1C(=O)CCC1=O. The quantitative estimate of drug-likeness (QED) is 0.375. The van der Waals surface area contributed by atoms with Gasteiger partial charge in [-0.1, -0.05) is 0 Å². The van der Waals surface area contributed by atoms with Crippen LogP contribution in [-0.4, -0.2) is 34.7 Å². The van der Waals surface area contributed by atoms with Gasteiger partial charge >= 0.3 is 5.97 Å². The van der Waals surface area contributed by atoms with Gasteiger partial charge in [0.15, 0.2) is 0 Å². The lowest BCUT2D eigenvalue weighted by atomic mass is 10.4. The number of carbonyl (C=O) groups is 3. The first-order chi connectivity index (χ1) is 6.65. The van der Waals surface area contributed by atoms with E-state index in [0.29, 0.717) is 5.06 Å². The molecule has 0 aromatic heterocycles. The maximum Gasteiger partial charge on any atom is 0.335 e. The third kappa shape index (κ3) is 2.51. The molecule has 0 aromatic carbocycles. The predicted molar refractivity (Wildman–Crippen MR) is 40.4 cm³/mol. The Labute approximate surface area is 79.1 Å². The monoisotopic (exact) mass is 203 g/mol. The second kappa shape index (κ2) is 4.68. The zero-order valence-corrected chi connectivity index (χ0v) is 7.26. The van der Waals surface area contributed by atoms with Gasteiger partial charge in [0.2, 0.25) is 0 Å². The Bertz CT molecular complexity index is 247. The second-order valence-electron chi connectivity index (χ2n) is 2.63. The van der Waals surface area contributed by atoms with Gasteiger partial charge in [0.1, 0.15) is 0 Å². The smallest absolute Gasteiger partial charge is 0.330 e. The summed E-state index contributed by atoms with van der Waals surface area (Å²) in [6.07, 6.45) is -0.112. The van der Waals surface area contributed by atoms with Crippen LogP contribution in [0.25, 0.3) is 0 Å². The second-order valence-corrected chi connectivity index (χ2v) is 2.63. The lowest BCUT2D eigenvalue weighted by molar-refractivity contribution is -0.245. The Morgan fingerprint density at radius 3 is 2.43 bits per heavy atom. The van der Waals surface area contributed by atoms with E-state index in [-0.39, 0.29) is 25.9 Å². The fraction of sp³-hybridized carbons (Fsp3) is 0.571. The molecule has 1 rings (SSSR count). The van der Waals surface area contributed by atoms with Crippen molar-refractivity contribution in [3.8, 4) is 0 Å². The summed E-state index contributed by atoms with van der Waals surface area (Å²) in [4.78, 5) is 40.9. The minimum Gasteiger partial charge on any atom is -0.330 e. The molecule has 0 atom stereocenters. The number of hydroxylamine groups is 2. The van der Waals surface area contributed by atoms with Crippen LogP contribution in [0.4, 0.5) is 0 Å². The van der Waals surface area contributed by atoms with Crippen LogP contribution in [0.1, 0.15) is 19.3 Å². The summed E-state index contributed by atoms with van der Waals surface area (Å²) < 4.78 is 0. The van der Waals surface area contributed by atoms with E-state index in [9.17, 15) is 14.4 Å². The largest absolute Gasteiger partial charge is 0.335 e. The summed E-state index contributed by atoms with van der Waals surface area (Å²) in [5.74, 6) is -1.87. The number of hydrogen-bond acceptors (Lipinski definition) is 6.